The fourth-order valence-corrected chi connectivity index (χ4v) is 4.43. The summed E-state index contributed by atoms with van der Waals surface area (Å²) in [7, 11) is 7.33. The van der Waals surface area contributed by atoms with Crippen molar-refractivity contribution in [2.75, 3.05) is 68.5 Å². The number of carbonyl (C=O) groups excluding carboxylic acids is 2. The number of benzene rings is 1. The van der Waals surface area contributed by atoms with Crippen LogP contribution in [-0.4, -0.2) is 112 Å². The van der Waals surface area contributed by atoms with Crippen molar-refractivity contribution in [2.45, 2.75) is 32.0 Å². The average Bonchev–Trinajstić information content (AvgIpc) is 3.31. The van der Waals surface area contributed by atoms with Gasteiger partial charge in [-0.15, -0.1) is 0 Å². The highest BCUT2D eigenvalue weighted by Crippen LogP contribution is 2.42. The van der Waals surface area contributed by atoms with E-state index >= 15 is 0 Å². The summed E-state index contributed by atoms with van der Waals surface area (Å²) in [6.07, 6.45) is -3.92. The van der Waals surface area contributed by atoms with E-state index in [4.69, 9.17) is 28.4 Å². The number of hydrogen-bond acceptors (Lipinski definition) is 10. The molecule has 1 heterocycles. The van der Waals surface area contributed by atoms with Gasteiger partial charge < -0.3 is 43.5 Å². The maximum atomic E-state index is 14.0. The second-order valence-electron chi connectivity index (χ2n) is 9.38. The van der Waals surface area contributed by atoms with E-state index in [0.717, 1.165) is 0 Å². The number of amides is 1. The molecule has 2 aromatic rings. The van der Waals surface area contributed by atoms with Gasteiger partial charge in [0.15, 0.2) is 0 Å². The molecule has 14 heteroatoms. The minimum atomic E-state index is -1.34. The summed E-state index contributed by atoms with van der Waals surface area (Å²) < 4.78 is 34.1. The van der Waals surface area contributed by atoms with Crippen molar-refractivity contribution < 1.29 is 57.8 Å². The fraction of sp³-hybridized carbons (Fsp3) is 0.517. The number of nitrogens with zero attached hydrogens (tertiary/aromatic N) is 2. The van der Waals surface area contributed by atoms with Crippen LogP contribution in [0.5, 0.6) is 5.75 Å². The Kier molecular flexibility index (Phi) is 14.1. The Labute approximate surface area is 250 Å². The molecule has 2 atom stereocenters. The maximum absolute atomic E-state index is 14.0. The summed E-state index contributed by atoms with van der Waals surface area (Å²) in [4.78, 5) is 53.2. The van der Waals surface area contributed by atoms with Crippen molar-refractivity contribution in [1.29, 1.82) is 0 Å². The quantitative estimate of drug-likeness (QED) is 0.177. The lowest BCUT2D eigenvalue weighted by Gasteiger charge is -2.24. The summed E-state index contributed by atoms with van der Waals surface area (Å²) in [6.45, 7) is 1.58. The number of carbonyl (C=O) groups is 4. The number of carboxylic acids is 2. The average molecular weight is 609 g/mol. The van der Waals surface area contributed by atoms with Gasteiger partial charge in [0.1, 0.15) is 17.1 Å². The molecular formula is C29H40N2O12. The van der Waals surface area contributed by atoms with Crippen LogP contribution in [0.3, 0.4) is 0 Å². The van der Waals surface area contributed by atoms with E-state index in [1.807, 2.05) is 0 Å². The molecular weight excluding hydrogens is 568 g/mol. The first kappa shape index (κ1) is 35.2. The molecule has 0 saturated heterocycles. The third-order valence-corrected chi connectivity index (χ3v) is 6.23. The van der Waals surface area contributed by atoms with Gasteiger partial charge in [0.25, 0.3) is 5.91 Å². The SMILES string of the molecule is CCOC(=O)c1c(C(CC(=O)O)OCCOC)c(C(CC(=O)O)OCCOC)c(C(=O)N(C)C)n1-c1ccc(OC)cc1. The van der Waals surface area contributed by atoms with Crippen molar-refractivity contribution >= 4 is 23.8 Å². The van der Waals surface area contributed by atoms with E-state index in [9.17, 15) is 29.4 Å². The Morgan fingerprint density at radius 3 is 1.67 bits per heavy atom. The number of aromatic nitrogens is 1. The highest BCUT2D eigenvalue weighted by Gasteiger charge is 2.40. The molecule has 0 aliphatic rings. The van der Waals surface area contributed by atoms with E-state index in [1.54, 1.807) is 31.2 Å². The van der Waals surface area contributed by atoms with E-state index in [-0.39, 0.29) is 55.5 Å². The van der Waals surface area contributed by atoms with Crippen LogP contribution in [-0.2, 0) is 33.3 Å². The Morgan fingerprint density at radius 1 is 0.791 bits per heavy atom. The number of methoxy groups -OCH3 is 3. The van der Waals surface area contributed by atoms with Crippen LogP contribution in [0.15, 0.2) is 24.3 Å². The molecule has 1 aromatic heterocycles. The largest absolute Gasteiger partial charge is 0.497 e. The van der Waals surface area contributed by atoms with E-state index in [0.29, 0.717) is 11.4 Å². The molecule has 0 aliphatic carbocycles. The van der Waals surface area contributed by atoms with Gasteiger partial charge in [-0.3, -0.25) is 19.0 Å². The van der Waals surface area contributed by atoms with Crippen LogP contribution in [0.4, 0.5) is 0 Å². The van der Waals surface area contributed by atoms with Gasteiger partial charge in [-0.1, -0.05) is 0 Å². The molecule has 0 spiro atoms. The highest BCUT2D eigenvalue weighted by molar-refractivity contribution is 6.00. The van der Waals surface area contributed by atoms with Gasteiger partial charge in [0, 0.05) is 45.1 Å². The molecule has 2 unspecified atom stereocenters. The molecule has 0 fully saturated rings. The van der Waals surface area contributed by atoms with Crippen LogP contribution in [0.2, 0.25) is 0 Å². The molecule has 1 aromatic carbocycles. The van der Waals surface area contributed by atoms with Gasteiger partial charge in [0.2, 0.25) is 0 Å². The fourth-order valence-electron chi connectivity index (χ4n) is 4.43. The summed E-state index contributed by atoms with van der Waals surface area (Å²) in [6, 6.07) is 6.41. The standard InChI is InChI=1S/C29H40N2O12/c1-7-41-29(37)27-25(21(17-23(34)35)43-15-13-39-5)24(20(16-22(32)33)42-14-12-38-4)26(28(36)30(2)3)31(27)18-8-10-19(40-6)11-9-18/h8-11,20-21H,7,12-17H2,1-6H3,(H,32,33)(H,34,35). The normalized spacial score (nSPS) is 12.4. The van der Waals surface area contributed by atoms with Crippen LogP contribution < -0.4 is 4.74 Å². The molecule has 1 amide bonds. The second kappa shape index (κ2) is 17.2. The molecule has 238 valence electrons. The number of esters is 1. The molecule has 2 N–H and O–H groups in total. The number of carboxylic acid groups (broad SMARTS) is 2. The zero-order valence-electron chi connectivity index (χ0n) is 25.3. The second-order valence-corrected chi connectivity index (χ2v) is 9.38. The Morgan fingerprint density at radius 2 is 1.28 bits per heavy atom. The predicted molar refractivity (Wildman–Crippen MR) is 152 cm³/mol. The molecule has 2 rings (SSSR count). The van der Waals surface area contributed by atoms with Crippen molar-refractivity contribution in [3.8, 4) is 11.4 Å². The van der Waals surface area contributed by atoms with Gasteiger partial charge in [-0.2, -0.15) is 0 Å². The van der Waals surface area contributed by atoms with Gasteiger partial charge in [0.05, 0.1) is 65.2 Å². The van der Waals surface area contributed by atoms with Crippen LogP contribution in [0.25, 0.3) is 5.69 Å². The number of hydrogen-bond donors (Lipinski definition) is 2. The lowest BCUT2D eigenvalue weighted by atomic mass is 9.94. The van der Waals surface area contributed by atoms with Gasteiger partial charge >= 0.3 is 17.9 Å². The summed E-state index contributed by atoms with van der Waals surface area (Å²) >= 11 is 0. The zero-order chi connectivity index (χ0) is 32.1. The number of rotatable bonds is 19. The first-order chi connectivity index (χ1) is 20.5. The molecule has 0 radical (unpaired) electrons. The third-order valence-electron chi connectivity index (χ3n) is 6.23. The smallest absolute Gasteiger partial charge is 0.355 e. The number of ether oxygens (including phenoxy) is 6. The molecule has 0 saturated carbocycles. The van der Waals surface area contributed by atoms with Gasteiger partial charge in [-0.25, -0.2) is 4.79 Å². The number of aliphatic carboxylic acids is 2. The maximum Gasteiger partial charge on any atom is 0.355 e. The molecule has 14 nitrogen and oxygen atoms in total. The first-order valence-corrected chi connectivity index (χ1v) is 13.5. The van der Waals surface area contributed by atoms with Crippen molar-refractivity contribution in [2.24, 2.45) is 0 Å². The van der Waals surface area contributed by atoms with Crippen molar-refractivity contribution in [3.05, 3.63) is 46.8 Å². The zero-order valence-corrected chi connectivity index (χ0v) is 25.3. The van der Waals surface area contributed by atoms with E-state index < -0.39 is 48.9 Å². The molecule has 0 bridgehead atoms. The molecule has 43 heavy (non-hydrogen) atoms. The lowest BCUT2D eigenvalue weighted by molar-refractivity contribution is -0.142. The van der Waals surface area contributed by atoms with E-state index in [2.05, 4.69) is 0 Å². The topological polar surface area (TPSA) is 172 Å². The minimum Gasteiger partial charge on any atom is -0.497 e. The summed E-state index contributed by atoms with van der Waals surface area (Å²) in [5.74, 6) is -3.53. The minimum absolute atomic E-state index is 0.0141. The third kappa shape index (κ3) is 9.25. The monoisotopic (exact) mass is 608 g/mol. The lowest BCUT2D eigenvalue weighted by Crippen LogP contribution is -2.27. The van der Waals surface area contributed by atoms with Crippen molar-refractivity contribution in [1.82, 2.24) is 9.47 Å². The van der Waals surface area contributed by atoms with Crippen LogP contribution >= 0.6 is 0 Å². The highest BCUT2D eigenvalue weighted by atomic mass is 16.5. The van der Waals surface area contributed by atoms with E-state index in [1.165, 1.54) is 44.9 Å². The summed E-state index contributed by atoms with van der Waals surface area (Å²) in [5, 5.41) is 19.7. The Hall–Kier alpha value is -3.98. The summed E-state index contributed by atoms with van der Waals surface area (Å²) in [5.41, 5.74) is -0.0657. The Balaban J connectivity index is 3.19. The van der Waals surface area contributed by atoms with Crippen LogP contribution in [0, 0.1) is 0 Å². The van der Waals surface area contributed by atoms with Crippen molar-refractivity contribution in [3.63, 3.8) is 0 Å². The Bertz CT molecular complexity index is 1240. The van der Waals surface area contributed by atoms with Gasteiger partial charge in [-0.05, 0) is 31.2 Å². The van der Waals surface area contributed by atoms with Crippen LogP contribution in [0.1, 0.15) is 64.1 Å². The molecule has 0 aliphatic heterocycles. The first-order valence-electron chi connectivity index (χ1n) is 13.5. The predicted octanol–water partition coefficient (Wildman–Crippen LogP) is 2.72.